The zero-order valence-electron chi connectivity index (χ0n) is 17.1. The van der Waals surface area contributed by atoms with E-state index in [2.05, 4.69) is 0 Å². The highest BCUT2D eigenvalue weighted by molar-refractivity contribution is 6.30. The first kappa shape index (κ1) is 19.8. The van der Waals surface area contributed by atoms with Gasteiger partial charge in [-0.3, -0.25) is 4.79 Å². The SMILES string of the molecule is Cc1ccccc1O[C@H]1C(=O)N(CCc2ccc(Cl)cc2)[C@H]1c1ccc2c(c1)OCO2. The third-order valence-corrected chi connectivity index (χ3v) is 6.04. The molecule has 3 aromatic rings. The van der Waals surface area contributed by atoms with Crippen molar-refractivity contribution in [2.45, 2.75) is 25.5 Å². The van der Waals surface area contributed by atoms with Gasteiger partial charge in [0.2, 0.25) is 12.9 Å². The molecule has 2 aliphatic rings. The molecule has 0 radical (unpaired) electrons. The van der Waals surface area contributed by atoms with Crippen molar-refractivity contribution >= 4 is 17.5 Å². The van der Waals surface area contributed by atoms with Crippen LogP contribution in [0.4, 0.5) is 0 Å². The molecule has 1 saturated heterocycles. The number of likely N-dealkylation sites (tertiary alicyclic amines) is 1. The van der Waals surface area contributed by atoms with Crippen molar-refractivity contribution < 1.29 is 19.0 Å². The third-order valence-electron chi connectivity index (χ3n) is 5.79. The molecule has 2 heterocycles. The zero-order chi connectivity index (χ0) is 21.4. The van der Waals surface area contributed by atoms with Gasteiger partial charge in [0, 0.05) is 11.6 Å². The summed E-state index contributed by atoms with van der Waals surface area (Å²) in [7, 11) is 0. The molecule has 5 nitrogen and oxygen atoms in total. The number of ether oxygens (including phenoxy) is 3. The molecule has 6 heteroatoms. The predicted octanol–water partition coefficient (Wildman–Crippen LogP) is 4.95. The van der Waals surface area contributed by atoms with E-state index in [4.69, 9.17) is 25.8 Å². The molecule has 0 spiro atoms. The molecule has 0 bridgehead atoms. The number of carbonyl (C=O) groups excluding carboxylic acids is 1. The van der Waals surface area contributed by atoms with Gasteiger partial charge >= 0.3 is 0 Å². The number of rotatable bonds is 6. The number of hydrogen-bond donors (Lipinski definition) is 0. The zero-order valence-corrected chi connectivity index (χ0v) is 17.8. The van der Waals surface area contributed by atoms with Crippen molar-refractivity contribution in [3.05, 3.63) is 88.4 Å². The van der Waals surface area contributed by atoms with E-state index in [0.29, 0.717) is 17.3 Å². The number of nitrogens with zero attached hydrogens (tertiary/aromatic N) is 1. The predicted molar refractivity (Wildman–Crippen MR) is 118 cm³/mol. The molecule has 31 heavy (non-hydrogen) atoms. The average Bonchev–Trinajstić information content (AvgIpc) is 3.25. The van der Waals surface area contributed by atoms with Gasteiger partial charge in [0.05, 0.1) is 0 Å². The van der Waals surface area contributed by atoms with Gasteiger partial charge in [-0.2, -0.15) is 0 Å². The lowest BCUT2D eigenvalue weighted by Crippen LogP contribution is -2.61. The Morgan fingerprint density at radius 3 is 2.61 bits per heavy atom. The maximum atomic E-state index is 13.1. The molecule has 1 amide bonds. The molecule has 1 fully saturated rings. The number of para-hydroxylation sites is 1. The number of hydrogen-bond acceptors (Lipinski definition) is 4. The molecule has 2 aliphatic heterocycles. The van der Waals surface area contributed by atoms with Gasteiger partial charge in [0.1, 0.15) is 11.8 Å². The molecule has 0 unspecified atom stereocenters. The first-order chi connectivity index (χ1) is 15.1. The maximum absolute atomic E-state index is 13.1. The van der Waals surface area contributed by atoms with Crippen LogP contribution in [0.5, 0.6) is 17.2 Å². The van der Waals surface area contributed by atoms with Crippen LogP contribution in [0.3, 0.4) is 0 Å². The van der Waals surface area contributed by atoms with Crippen molar-refractivity contribution in [1.82, 2.24) is 4.90 Å². The number of halogens is 1. The molecule has 0 saturated carbocycles. The average molecular weight is 436 g/mol. The summed E-state index contributed by atoms with van der Waals surface area (Å²) in [5.74, 6) is 2.13. The summed E-state index contributed by atoms with van der Waals surface area (Å²) < 4.78 is 17.2. The molecule has 2 atom stereocenters. The molecule has 0 N–H and O–H groups in total. The summed E-state index contributed by atoms with van der Waals surface area (Å²) in [5.41, 5.74) is 3.10. The van der Waals surface area contributed by atoms with Crippen LogP contribution in [-0.2, 0) is 11.2 Å². The largest absolute Gasteiger partial charge is 0.478 e. The van der Waals surface area contributed by atoms with Crippen molar-refractivity contribution in [3.8, 4) is 17.2 Å². The summed E-state index contributed by atoms with van der Waals surface area (Å²) in [4.78, 5) is 15.0. The molecular weight excluding hydrogens is 414 g/mol. The van der Waals surface area contributed by atoms with Crippen LogP contribution in [0.25, 0.3) is 0 Å². The maximum Gasteiger partial charge on any atom is 0.266 e. The van der Waals surface area contributed by atoms with Gasteiger partial charge in [-0.25, -0.2) is 0 Å². The second kappa shape index (κ2) is 8.16. The lowest BCUT2D eigenvalue weighted by molar-refractivity contribution is -0.164. The smallest absolute Gasteiger partial charge is 0.266 e. The summed E-state index contributed by atoms with van der Waals surface area (Å²) >= 11 is 5.99. The molecule has 0 aliphatic carbocycles. The number of β-lactam (4-membered cyclic amide) rings is 1. The van der Waals surface area contributed by atoms with E-state index >= 15 is 0 Å². The van der Waals surface area contributed by atoms with E-state index < -0.39 is 6.10 Å². The number of aryl methyl sites for hydroxylation is 1. The van der Waals surface area contributed by atoms with E-state index in [0.717, 1.165) is 34.6 Å². The van der Waals surface area contributed by atoms with E-state index in [1.165, 1.54) is 0 Å². The van der Waals surface area contributed by atoms with Crippen LogP contribution >= 0.6 is 11.6 Å². The topological polar surface area (TPSA) is 48.0 Å². The Labute approximate surface area is 186 Å². The Hall–Kier alpha value is -3.18. The van der Waals surface area contributed by atoms with Crippen LogP contribution in [0.1, 0.15) is 22.7 Å². The van der Waals surface area contributed by atoms with Crippen LogP contribution in [0.2, 0.25) is 5.02 Å². The minimum absolute atomic E-state index is 0.0140. The van der Waals surface area contributed by atoms with Crippen molar-refractivity contribution in [2.24, 2.45) is 0 Å². The number of carbonyl (C=O) groups is 1. The number of benzene rings is 3. The summed E-state index contributed by atoms with van der Waals surface area (Å²) in [5, 5.41) is 0.703. The van der Waals surface area contributed by atoms with E-state index in [1.54, 1.807) is 0 Å². The van der Waals surface area contributed by atoms with E-state index in [-0.39, 0.29) is 18.7 Å². The van der Waals surface area contributed by atoms with Crippen molar-refractivity contribution in [3.63, 3.8) is 0 Å². The lowest BCUT2D eigenvalue weighted by atomic mass is 9.89. The second-order valence-corrected chi connectivity index (χ2v) is 8.21. The highest BCUT2D eigenvalue weighted by Gasteiger charge is 2.50. The van der Waals surface area contributed by atoms with Gasteiger partial charge < -0.3 is 19.1 Å². The monoisotopic (exact) mass is 435 g/mol. The first-order valence-corrected chi connectivity index (χ1v) is 10.6. The summed E-state index contributed by atoms with van der Waals surface area (Å²) in [6.45, 7) is 2.78. The second-order valence-electron chi connectivity index (χ2n) is 7.77. The Bertz CT molecular complexity index is 1110. The highest BCUT2D eigenvalue weighted by Crippen LogP contribution is 2.42. The quantitative estimate of drug-likeness (QED) is 0.514. The van der Waals surface area contributed by atoms with E-state index in [1.807, 2.05) is 78.6 Å². The van der Waals surface area contributed by atoms with Gasteiger partial charge in [-0.05, 0) is 60.4 Å². The van der Waals surface area contributed by atoms with Gasteiger partial charge in [0.15, 0.2) is 11.5 Å². The standard InChI is InChI=1S/C25H22ClNO4/c1-16-4-2-3-5-20(16)31-24-23(18-8-11-21-22(14-18)30-15-29-21)27(25(24)28)13-12-17-6-9-19(26)10-7-17/h2-11,14,23-24H,12-13,15H2,1H3/t23-,24+/m0/s1. The minimum Gasteiger partial charge on any atom is -0.478 e. The minimum atomic E-state index is -0.577. The molecule has 3 aromatic carbocycles. The van der Waals surface area contributed by atoms with Crippen molar-refractivity contribution in [2.75, 3.05) is 13.3 Å². The molecule has 5 rings (SSSR count). The summed E-state index contributed by atoms with van der Waals surface area (Å²) in [6, 6.07) is 21.1. The first-order valence-electron chi connectivity index (χ1n) is 10.3. The fraction of sp³-hybridized carbons (Fsp3) is 0.240. The Kier molecular flexibility index (Phi) is 5.20. The van der Waals surface area contributed by atoms with Crippen LogP contribution in [0.15, 0.2) is 66.7 Å². The highest BCUT2D eigenvalue weighted by atomic mass is 35.5. The number of fused-ring (bicyclic) bond motifs is 1. The van der Waals surface area contributed by atoms with Crippen molar-refractivity contribution in [1.29, 1.82) is 0 Å². The van der Waals surface area contributed by atoms with Gasteiger partial charge in [0.25, 0.3) is 5.91 Å². The fourth-order valence-electron chi connectivity index (χ4n) is 4.06. The van der Waals surface area contributed by atoms with Crippen LogP contribution < -0.4 is 14.2 Å². The van der Waals surface area contributed by atoms with Crippen LogP contribution in [-0.4, -0.2) is 30.2 Å². The molecule has 158 valence electrons. The van der Waals surface area contributed by atoms with E-state index in [9.17, 15) is 4.79 Å². The Morgan fingerprint density at radius 1 is 1.03 bits per heavy atom. The summed E-state index contributed by atoms with van der Waals surface area (Å²) in [6.07, 6.45) is 0.160. The normalized spacial score (nSPS) is 19.3. The molecular formula is C25H22ClNO4. The van der Waals surface area contributed by atoms with Gasteiger partial charge in [-0.1, -0.05) is 48.0 Å². The number of amides is 1. The van der Waals surface area contributed by atoms with Gasteiger partial charge in [-0.15, -0.1) is 0 Å². The lowest BCUT2D eigenvalue weighted by Gasteiger charge is -2.47. The third kappa shape index (κ3) is 3.81. The molecule has 0 aromatic heterocycles. The van der Waals surface area contributed by atoms with Crippen LogP contribution in [0, 0.1) is 6.92 Å². The Morgan fingerprint density at radius 2 is 1.81 bits per heavy atom. The fourth-order valence-corrected chi connectivity index (χ4v) is 4.18. The Balaban J connectivity index is 1.40.